The van der Waals surface area contributed by atoms with Crippen molar-refractivity contribution in [3.8, 4) is 0 Å². The maximum atomic E-state index is 10.0. The third-order valence-corrected chi connectivity index (χ3v) is 0.933. The van der Waals surface area contributed by atoms with Crippen LogP contribution in [0.5, 0.6) is 0 Å². The van der Waals surface area contributed by atoms with Gasteiger partial charge in [0.05, 0.1) is 0 Å². The molecule has 1 radical (unpaired) electrons. The molecular formula is C3H6AcN2O2. The van der Waals surface area contributed by atoms with E-state index in [2.05, 4.69) is 5.32 Å². The van der Waals surface area contributed by atoms with Gasteiger partial charge < -0.3 is 16.2 Å². The minimum Gasteiger partial charge on any atom is -0.371 e. The second kappa shape index (κ2) is 3.12. The first kappa shape index (κ1) is 8.83. The van der Waals surface area contributed by atoms with Crippen LogP contribution in [0.15, 0.2) is 0 Å². The van der Waals surface area contributed by atoms with Crippen LogP contribution in [0.25, 0.3) is 0 Å². The SMILES string of the molecule is NC1C(=O)NC1O.[Ac]. The van der Waals surface area contributed by atoms with Crippen LogP contribution in [0.2, 0.25) is 0 Å². The third kappa shape index (κ3) is 1.41. The number of hydrogen-bond acceptors (Lipinski definition) is 3. The van der Waals surface area contributed by atoms with Gasteiger partial charge in [0.2, 0.25) is 5.91 Å². The molecule has 1 heterocycles. The molecule has 5 heteroatoms. The van der Waals surface area contributed by atoms with E-state index in [4.69, 9.17) is 10.8 Å². The first-order valence-electron chi connectivity index (χ1n) is 1.96. The van der Waals surface area contributed by atoms with Crippen LogP contribution in [-0.4, -0.2) is 23.3 Å². The summed E-state index contributed by atoms with van der Waals surface area (Å²) < 4.78 is 0. The Morgan fingerprint density at radius 2 is 2.25 bits per heavy atom. The molecule has 8 heavy (non-hydrogen) atoms. The van der Waals surface area contributed by atoms with Crippen LogP contribution in [0.1, 0.15) is 0 Å². The summed E-state index contributed by atoms with van der Waals surface area (Å²) in [4.78, 5) is 10.0. The van der Waals surface area contributed by atoms with E-state index < -0.39 is 12.3 Å². The third-order valence-electron chi connectivity index (χ3n) is 0.933. The van der Waals surface area contributed by atoms with E-state index in [1.807, 2.05) is 0 Å². The van der Waals surface area contributed by atoms with E-state index in [9.17, 15) is 4.79 Å². The summed E-state index contributed by atoms with van der Waals surface area (Å²) in [5.41, 5.74) is 5.00. The van der Waals surface area contributed by atoms with Crippen molar-refractivity contribution in [1.82, 2.24) is 5.32 Å². The molecule has 2 atom stereocenters. The molecule has 0 saturated carbocycles. The van der Waals surface area contributed by atoms with Crippen molar-refractivity contribution in [2.24, 2.45) is 5.73 Å². The summed E-state index contributed by atoms with van der Waals surface area (Å²) in [6.45, 7) is 0. The van der Waals surface area contributed by atoms with E-state index in [-0.39, 0.29) is 50.0 Å². The van der Waals surface area contributed by atoms with Gasteiger partial charge in [0, 0.05) is 44.1 Å². The maximum absolute atomic E-state index is 10.0. The summed E-state index contributed by atoms with van der Waals surface area (Å²) in [5.74, 6) is -0.285. The van der Waals surface area contributed by atoms with Gasteiger partial charge in [0.1, 0.15) is 6.04 Å². The van der Waals surface area contributed by atoms with E-state index in [0.29, 0.717) is 0 Å². The zero-order chi connectivity index (χ0) is 5.44. The van der Waals surface area contributed by atoms with Crippen LogP contribution in [0.4, 0.5) is 0 Å². The van der Waals surface area contributed by atoms with Gasteiger partial charge in [-0.2, -0.15) is 0 Å². The maximum Gasteiger partial charge on any atom is 0.243 e. The molecule has 0 aliphatic carbocycles. The number of amides is 1. The van der Waals surface area contributed by atoms with Crippen LogP contribution < -0.4 is 11.1 Å². The van der Waals surface area contributed by atoms with Crippen molar-refractivity contribution >= 4 is 5.91 Å². The number of nitrogens with two attached hydrogens (primary N) is 1. The largest absolute Gasteiger partial charge is 0.371 e. The number of carbonyl (C=O) groups is 1. The van der Waals surface area contributed by atoms with Gasteiger partial charge in [-0.05, 0) is 0 Å². The molecule has 1 saturated heterocycles. The molecule has 0 aromatic carbocycles. The van der Waals surface area contributed by atoms with E-state index in [0.717, 1.165) is 0 Å². The van der Waals surface area contributed by atoms with Crippen molar-refractivity contribution in [1.29, 1.82) is 0 Å². The Hall–Kier alpha value is 0.832. The van der Waals surface area contributed by atoms with Gasteiger partial charge in [0.25, 0.3) is 0 Å². The van der Waals surface area contributed by atoms with Gasteiger partial charge in [-0.3, -0.25) is 4.79 Å². The predicted molar refractivity (Wildman–Crippen MR) is 22.1 cm³/mol. The van der Waals surface area contributed by atoms with Crippen LogP contribution in [0.3, 0.4) is 0 Å². The molecule has 0 bridgehead atoms. The summed E-state index contributed by atoms with van der Waals surface area (Å²) in [5, 5.41) is 10.6. The predicted octanol–water partition coefficient (Wildman–Crippen LogP) is -2.24. The quantitative estimate of drug-likeness (QED) is 0.440. The molecule has 0 aromatic rings. The Balaban J connectivity index is 0.000000490. The number of nitrogens with one attached hydrogen (secondary N) is 1. The fraction of sp³-hybridized carbons (Fsp3) is 0.667. The van der Waals surface area contributed by atoms with Crippen molar-refractivity contribution in [3.05, 3.63) is 0 Å². The Bertz CT molecular complexity index is 107. The average Bonchev–Trinajstić information content (AvgIpc) is 1.68. The Morgan fingerprint density at radius 1 is 1.75 bits per heavy atom. The molecular weight excluding hydrogens is 323 g/mol. The smallest absolute Gasteiger partial charge is 0.243 e. The molecule has 4 N–H and O–H groups in total. The van der Waals surface area contributed by atoms with Crippen LogP contribution >= 0.6 is 0 Å². The monoisotopic (exact) mass is 329 g/mol. The summed E-state index contributed by atoms with van der Waals surface area (Å²) in [7, 11) is 0. The van der Waals surface area contributed by atoms with Crippen molar-refractivity contribution in [2.75, 3.05) is 0 Å². The van der Waals surface area contributed by atoms with Gasteiger partial charge in [-0.1, -0.05) is 0 Å². The van der Waals surface area contributed by atoms with E-state index in [1.165, 1.54) is 0 Å². The average molecular weight is 329 g/mol. The standard InChI is InChI=1S/C3H6N2O2.Ac/c4-1-2(6)5-3(1)7;/h1-2,6H,4H2,(H,5,7);. The van der Waals surface area contributed by atoms with Crippen molar-refractivity contribution in [3.63, 3.8) is 0 Å². The van der Waals surface area contributed by atoms with Crippen LogP contribution in [-0.2, 0) is 4.79 Å². The Labute approximate surface area is 82.4 Å². The molecule has 1 rings (SSSR count). The normalized spacial score (nSPS) is 34.5. The van der Waals surface area contributed by atoms with Gasteiger partial charge in [0.15, 0.2) is 6.23 Å². The molecule has 1 fully saturated rings. The van der Waals surface area contributed by atoms with Crippen molar-refractivity contribution < 1.29 is 54.0 Å². The topological polar surface area (TPSA) is 75.4 Å². The van der Waals surface area contributed by atoms with E-state index >= 15 is 0 Å². The van der Waals surface area contributed by atoms with E-state index in [1.54, 1.807) is 0 Å². The number of aliphatic hydroxyl groups is 1. The second-order valence-corrected chi connectivity index (χ2v) is 1.48. The molecule has 43 valence electrons. The number of hydrogen-bond donors (Lipinski definition) is 3. The number of carbonyl (C=O) groups excluding carboxylic acids is 1. The number of rotatable bonds is 0. The minimum absolute atomic E-state index is 0. The van der Waals surface area contributed by atoms with Gasteiger partial charge >= 0.3 is 0 Å². The van der Waals surface area contributed by atoms with Crippen LogP contribution in [0, 0.1) is 44.1 Å². The molecule has 1 aliphatic heterocycles. The molecule has 0 aromatic heterocycles. The fourth-order valence-corrected chi connectivity index (χ4v) is 0.379. The minimum atomic E-state index is -0.813. The first-order chi connectivity index (χ1) is 3.22. The summed E-state index contributed by atoms with van der Waals surface area (Å²) in [6.07, 6.45) is -0.813. The molecule has 2 unspecified atom stereocenters. The summed E-state index contributed by atoms with van der Waals surface area (Å²) in [6, 6.07) is -0.694. The second-order valence-electron chi connectivity index (χ2n) is 1.48. The Kier molecular flexibility index (Phi) is 3.44. The summed E-state index contributed by atoms with van der Waals surface area (Å²) >= 11 is 0. The van der Waals surface area contributed by atoms with Gasteiger partial charge in [-0.25, -0.2) is 0 Å². The molecule has 1 amide bonds. The number of β-lactam (4-membered cyclic amide) rings is 1. The number of aliphatic hydroxyl groups excluding tert-OH is 1. The molecule has 1 aliphatic rings. The zero-order valence-electron chi connectivity index (χ0n) is 4.16. The zero-order valence-corrected chi connectivity index (χ0v) is 8.91. The molecule has 4 nitrogen and oxygen atoms in total. The van der Waals surface area contributed by atoms with Crippen molar-refractivity contribution in [2.45, 2.75) is 12.3 Å². The van der Waals surface area contributed by atoms with Gasteiger partial charge in [-0.15, -0.1) is 0 Å². The Morgan fingerprint density at radius 3 is 2.25 bits per heavy atom. The first-order valence-corrected chi connectivity index (χ1v) is 1.96. The fourth-order valence-electron chi connectivity index (χ4n) is 0.379. The molecule has 0 spiro atoms.